The molecular formula is C12H14Br2N2O. The summed E-state index contributed by atoms with van der Waals surface area (Å²) >= 11 is 7.01. The highest BCUT2D eigenvalue weighted by molar-refractivity contribution is 9.11. The fourth-order valence-electron chi connectivity index (χ4n) is 1.32. The van der Waals surface area contributed by atoms with E-state index in [1.807, 2.05) is 25.1 Å². The first-order chi connectivity index (χ1) is 8.04. The lowest BCUT2D eigenvalue weighted by molar-refractivity contribution is 0.111. The fourth-order valence-corrected chi connectivity index (χ4v) is 3.01. The predicted octanol–water partition coefficient (Wildman–Crippen LogP) is 3.86. The zero-order valence-corrected chi connectivity index (χ0v) is 12.9. The van der Waals surface area contributed by atoms with Crippen LogP contribution in [0.1, 0.15) is 12.5 Å². The van der Waals surface area contributed by atoms with Crippen LogP contribution in [0.2, 0.25) is 0 Å². The standard InChI is InChI=1S/C12H14Br2N2O/c1-8-5-10(13)12(11(14)6-8)16-3-4-17-9(2)7-15/h5-6,9,16H,3-4H2,1-2H3. The average molecular weight is 362 g/mol. The number of halogens is 2. The fraction of sp³-hybridized carbons (Fsp3) is 0.417. The monoisotopic (exact) mass is 360 g/mol. The summed E-state index contributed by atoms with van der Waals surface area (Å²) in [5.41, 5.74) is 2.19. The molecule has 1 rings (SSSR count). The van der Waals surface area contributed by atoms with Gasteiger partial charge >= 0.3 is 0 Å². The highest BCUT2D eigenvalue weighted by Gasteiger charge is 2.05. The molecule has 92 valence electrons. The van der Waals surface area contributed by atoms with Crippen LogP contribution in [0.25, 0.3) is 0 Å². The first-order valence-corrected chi connectivity index (χ1v) is 6.84. The molecule has 1 atom stereocenters. The summed E-state index contributed by atoms with van der Waals surface area (Å²) in [6.45, 7) is 4.93. The number of hydrogen-bond acceptors (Lipinski definition) is 3. The minimum absolute atomic E-state index is 0.360. The number of nitriles is 1. The normalized spacial score (nSPS) is 11.9. The van der Waals surface area contributed by atoms with Gasteiger partial charge in [0.25, 0.3) is 0 Å². The molecule has 3 nitrogen and oxygen atoms in total. The Morgan fingerprint density at radius 1 is 1.41 bits per heavy atom. The maximum Gasteiger partial charge on any atom is 0.141 e. The molecule has 0 aromatic heterocycles. The SMILES string of the molecule is Cc1cc(Br)c(NCCOC(C)C#N)c(Br)c1. The Morgan fingerprint density at radius 2 is 2.00 bits per heavy atom. The van der Waals surface area contributed by atoms with Crippen molar-refractivity contribution in [1.82, 2.24) is 0 Å². The van der Waals surface area contributed by atoms with Gasteiger partial charge in [0.15, 0.2) is 0 Å². The molecule has 5 heteroatoms. The van der Waals surface area contributed by atoms with Crippen molar-refractivity contribution in [2.75, 3.05) is 18.5 Å². The number of anilines is 1. The molecule has 0 fully saturated rings. The maximum atomic E-state index is 8.56. The van der Waals surface area contributed by atoms with E-state index in [9.17, 15) is 0 Å². The number of hydrogen-bond donors (Lipinski definition) is 1. The number of ether oxygens (including phenoxy) is 1. The van der Waals surface area contributed by atoms with E-state index in [1.54, 1.807) is 6.92 Å². The van der Waals surface area contributed by atoms with E-state index in [0.29, 0.717) is 13.2 Å². The second-order valence-corrected chi connectivity index (χ2v) is 5.38. The number of aryl methyl sites for hydroxylation is 1. The van der Waals surface area contributed by atoms with Crippen molar-refractivity contribution in [2.45, 2.75) is 20.0 Å². The van der Waals surface area contributed by atoms with Gasteiger partial charge < -0.3 is 10.1 Å². The summed E-state index contributed by atoms with van der Waals surface area (Å²) in [7, 11) is 0. The maximum absolute atomic E-state index is 8.56. The molecule has 0 amide bonds. The summed E-state index contributed by atoms with van der Waals surface area (Å²) in [5, 5.41) is 11.8. The minimum Gasteiger partial charge on any atom is -0.381 e. The summed E-state index contributed by atoms with van der Waals surface area (Å²) in [6.07, 6.45) is -0.360. The molecule has 0 spiro atoms. The van der Waals surface area contributed by atoms with E-state index < -0.39 is 0 Å². The average Bonchev–Trinajstić information content (AvgIpc) is 2.26. The van der Waals surface area contributed by atoms with Gasteiger partial charge in [0.05, 0.1) is 18.4 Å². The molecule has 0 aliphatic carbocycles. The van der Waals surface area contributed by atoms with Crippen LogP contribution in [0.4, 0.5) is 5.69 Å². The lowest BCUT2D eigenvalue weighted by atomic mass is 10.2. The van der Waals surface area contributed by atoms with Crippen LogP contribution in [-0.4, -0.2) is 19.3 Å². The number of nitrogens with one attached hydrogen (secondary N) is 1. The molecule has 0 radical (unpaired) electrons. The third-order valence-electron chi connectivity index (χ3n) is 2.14. The Balaban J connectivity index is 2.50. The summed E-state index contributed by atoms with van der Waals surface area (Å²) < 4.78 is 7.29. The quantitative estimate of drug-likeness (QED) is 0.810. The molecule has 17 heavy (non-hydrogen) atoms. The molecule has 1 aromatic carbocycles. The molecule has 1 N–H and O–H groups in total. The summed E-state index contributed by atoms with van der Waals surface area (Å²) in [4.78, 5) is 0. The van der Waals surface area contributed by atoms with E-state index in [4.69, 9.17) is 10.00 Å². The van der Waals surface area contributed by atoms with E-state index >= 15 is 0 Å². The second kappa shape index (κ2) is 7.00. The van der Waals surface area contributed by atoms with E-state index in [0.717, 1.165) is 14.6 Å². The molecular weight excluding hydrogens is 348 g/mol. The molecule has 0 saturated heterocycles. The molecule has 0 aliphatic rings. The predicted molar refractivity (Wildman–Crippen MR) is 76.1 cm³/mol. The van der Waals surface area contributed by atoms with Crippen LogP contribution in [0.3, 0.4) is 0 Å². The molecule has 1 aromatic rings. The largest absolute Gasteiger partial charge is 0.381 e. The highest BCUT2D eigenvalue weighted by atomic mass is 79.9. The Kier molecular flexibility index (Phi) is 5.96. The third kappa shape index (κ3) is 4.66. The number of nitrogens with zero attached hydrogens (tertiary/aromatic N) is 1. The van der Waals surface area contributed by atoms with E-state index in [-0.39, 0.29) is 6.10 Å². The molecule has 0 bridgehead atoms. The van der Waals surface area contributed by atoms with Crippen molar-refractivity contribution in [3.63, 3.8) is 0 Å². The Hall–Kier alpha value is -0.570. The van der Waals surface area contributed by atoms with Gasteiger partial charge in [0.1, 0.15) is 6.10 Å². The van der Waals surface area contributed by atoms with Crippen LogP contribution < -0.4 is 5.32 Å². The van der Waals surface area contributed by atoms with Crippen LogP contribution in [0.5, 0.6) is 0 Å². The zero-order chi connectivity index (χ0) is 12.8. The molecule has 0 heterocycles. The van der Waals surface area contributed by atoms with Gasteiger partial charge in [-0.1, -0.05) is 0 Å². The van der Waals surface area contributed by atoms with Crippen molar-refractivity contribution in [3.05, 3.63) is 26.6 Å². The van der Waals surface area contributed by atoms with Crippen molar-refractivity contribution in [1.29, 1.82) is 5.26 Å². The lowest BCUT2D eigenvalue weighted by Crippen LogP contribution is -2.14. The van der Waals surface area contributed by atoms with Gasteiger partial charge in [-0.2, -0.15) is 5.26 Å². The third-order valence-corrected chi connectivity index (χ3v) is 3.39. The van der Waals surface area contributed by atoms with Crippen LogP contribution in [0.15, 0.2) is 21.1 Å². The Morgan fingerprint density at radius 3 is 2.53 bits per heavy atom. The molecule has 0 aliphatic heterocycles. The zero-order valence-electron chi connectivity index (χ0n) is 9.76. The lowest BCUT2D eigenvalue weighted by Gasteiger charge is -2.12. The first kappa shape index (κ1) is 14.5. The van der Waals surface area contributed by atoms with Gasteiger partial charge in [-0.05, 0) is 63.4 Å². The Labute approximate surface area is 118 Å². The van der Waals surface area contributed by atoms with Crippen LogP contribution in [0, 0.1) is 18.3 Å². The van der Waals surface area contributed by atoms with E-state index in [2.05, 4.69) is 37.2 Å². The smallest absolute Gasteiger partial charge is 0.141 e. The van der Waals surface area contributed by atoms with Crippen molar-refractivity contribution < 1.29 is 4.74 Å². The van der Waals surface area contributed by atoms with Crippen LogP contribution >= 0.6 is 31.9 Å². The van der Waals surface area contributed by atoms with Crippen molar-refractivity contribution in [2.24, 2.45) is 0 Å². The number of rotatable bonds is 5. The molecule has 1 unspecified atom stereocenters. The van der Waals surface area contributed by atoms with Crippen molar-refractivity contribution in [3.8, 4) is 6.07 Å². The first-order valence-electron chi connectivity index (χ1n) is 5.25. The second-order valence-electron chi connectivity index (χ2n) is 3.67. The van der Waals surface area contributed by atoms with Gasteiger partial charge in [-0.25, -0.2) is 0 Å². The van der Waals surface area contributed by atoms with E-state index in [1.165, 1.54) is 5.56 Å². The summed E-state index contributed by atoms with van der Waals surface area (Å²) in [6, 6.07) is 6.12. The topological polar surface area (TPSA) is 45.0 Å². The van der Waals surface area contributed by atoms with Crippen LogP contribution in [-0.2, 0) is 4.74 Å². The minimum atomic E-state index is -0.360. The Bertz CT molecular complexity index is 406. The van der Waals surface area contributed by atoms with Gasteiger partial charge in [0.2, 0.25) is 0 Å². The number of benzene rings is 1. The molecule has 0 saturated carbocycles. The van der Waals surface area contributed by atoms with Crippen molar-refractivity contribution >= 4 is 37.5 Å². The van der Waals surface area contributed by atoms with Gasteiger partial charge in [0, 0.05) is 15.5 Å². The van der Waals surface area contributed by atoms with Gasteiger partial charge in [-0.15, -0.1) is 0 Å². The highest BCUT2D eigenvalue weighted by Crippen LogP contribution is 2.31. The summed E-state index contributed by atoms with van der Waals surface area (Å²) in [5.74, 6) is 0. The van der Waals surface area contributed by atoms with Gasteiger partial charge in [-0.3, -0.25) is 0 Å².